The Kier molecular flexibility index (Phi) is 5.43. The van der Waals surface area contributed by atoms with E-state index in [2.05, 4.69) is 27.9 Å². The van der Waals surface area contributed by atoms with Crippen molar-refractivity contribution < 1.29 is 14.6 Å². The standard InChI is InChI=1S/C15H20BrNO3/c1-17-8-3-2-4-12(17)7-9-20-14-6-5-11(16)10-13(14)15(18)19/h5-6,10,12H,2-4,7-9H2,1H3,(H,18,19). The molecular formula is C15H20BrNO3. The zero-order chi connectivity index (χ0) is 14.5. The van der Waals surface area contributed by atoms with E-state index in [1.165, 1.54) is 19.3 Å². The molecule has 1 aliphatic heterocycles. The van der Waals surface area contributed by atoms with Crippen LogP contribution in [0.1, 0.15) is 36.0 Å². The molecule has 0 aliphatic carbocycles. The third-order valence-corrected chi connectivity index (χ3v) is 4.30. The average Bonchev–Trinajstić information content (AvgIpc) is 2.42. The fourth-order valence-corrected chi connectivity index (χ4v) is 2.97. The van der Waals surface area contributed by atoms with E-state index in [9.17, 15) is 9.90 Å². The maximum absolute atomic E-state index is 11.2. The Morgan fingerprint density at radius 3 is 3.00 bits per heavy atom. The van der Waals surface area contributed by atoms with Crippen molar-refractivity contribution in [2.45, 2.75) is 31.7 Å². The number of carbonyl (C=O) groups is 1. The third kappa shape index (κ3) is 3.96. The Balaban J connectivity index is 1.92. The molecule has 1 N–H and O–H groups in total. The number of aromatic carboxylic acids is 1. The Morgan fingerprint density at radius 1 is 1.50 bits per heavy atom. The molecule has 110 valence electrons. The van der Waals surface area contributed by atoms with Crippen LogP contribution in [0.15, 0.2) is 22.7 Å². The first-order valence-electron chi connectivity index (χ1n) is 6.94. The van der Waals surface area contributed by atoms with Crippen LogP contribution in [-0.4, -0.2) is 42.2 Å². The van der Waals surface area contributed by atoms with Gasteiger partial charge in [-0.3, -0.25) is 0 Å². The summed E-state index contributed by atoms with van der Waals surface area (Å²) >= 11 is 3.28. The SMILES string of the molecule is CN1CCCCC1CCOc1ccc(Br)cc1C(=O)O. The Bertz CT molecular complexity index is 478. The molecule has 1 aliphatic rings. The first-order chi connectivity index (χ1) is 9.58. The summed E-state index contributed by atoms with van der Waals surface area (Å²) in [5, 5.41) is 9.17. The molecule has 1 saturated heterocycles. The molecule has 1 aromatic carbocycles. The zero-order valence-corrected chi connectivity index (χ0v) is 13.2. The Morgan fingerprint density at radius 2 is 2.30 bits per heavy atom. The van der Waals surface area contributed by atoms with Gasteiger partial charge < -0.3 is 14.7 Å². The molecule has 0 bridgehead atoms. The summed E-state index contributed by atoms with van der Waals surface area (Å²) in [5.41, 5.74) is 0.205. The number of halogens is 1. The molecule has 0 amide bonds. The van der Waals surface area contributed by atoms with Gasteiger partial charge in [0.05, 0.1) is 6.61 Å². The molecule has 0 saturated carbocycles. The highest BCUT2D eigenvalue weighted by molar-refractivity contribution is 9.10. The van der Waals surface area contributed by atoms with Gasteiger partial charge in [0.15, 0.2) is 0 Å². The molecule has 1 atom stereocenters. The first kappa shape index (κ1) is 15.3. The van der Waals surface area contributed by atoms with Crippen LogP contribution in [0.2, 0.25) is 0 Å². The van der Waals surface area contributed by atoms with Crippen molar-refractivity contribution in [3.63, 3.8) is 0 Å². The lowest BCUT2D eigenvalue weighted by molar-refractivity contribution is 0.0691. The molecule has 5 heteroatoms. The lowest BCUT2D eigenvalue weighted by Crippen LogP contribution is -2.37. The van der Waals surface area contributed by atoms with Gasteiger partial charge in [-0.25, -0.2) is 4.79 Å². The zero-order valence-electron chi connectivity index (χ0n) is 11.6. The summed E-state index contributed by atoms with van der Waals surface area (Å²) in [7, 11) is 2.14. The maximum Gasteiger partial charge on any atom is 0.339 e. The van der Waals surface area contributed by atoms with E-state index in [0.29, 0.717) is 18.4 Å². The minimum absolute atomic E-state index is 0.205. The number of carboxylic acid groups (broad SMARTS) is 1. The molecular weight excluding hydrogens is 322 g/mol. The van der Waals surface area contributed by atoms with Crippen molar-refractivity contribution in [1.29, 1.82) is 0 Å². The molecule has 2 rings (SSSR count). The summed E-state index contributed by atoms with van der Waals surface area (Å²) in [6.07, 6.45) is 4.68. The number of likely N-dealkylation sites (tertiary alicyclic amines) is 1. The van der Waals surface area contributed by atoms with Crippen LogP contribution in [0.25, 0.3) is 0 Å². The Hall–Kier alpha value is -1.07. The van der Waals surface area contributed by atoms with Crippen molar-refractivity contribution in [3.05, 3.63) is 28.2 Å². The smallest absolute Gasteiger partial charge is 0.339 e. The molecule has 4 nitrogen and oxygen atoms in total. The van der Waals surface area contributed by atoms with Gasteiger partial charge in [-0.05, 0) is 51.1 Å². The second kappa shape index (κ2) is 7.09. The monoisotopic (exact) mass is 341 g/mol. The van der Waals surface area contributed by atoms with Gasteiger partial charge in [0.25, 0.3) is 0 Å². The van der Waals surface area contributed by atoms with Gasteiger partial charge in [0, 0.05) is 10.5 Å². The average molecular weight is 342 g/mol. The summed E-state index contributed by atoms with van der Waals surface area (Å²) in [5.74, 6) is -0.518. The van der Waals surface area contributed by atoms with E-state index >= 15 is 0 Å². The van der Waals surface area contributed by atoms with Crippen LogP contribution >= 0.6 is 15.9 Å². The van der Waals surface area contributed by atoms with Crippen molar-refractivity contribution >= 4 is 21.9 Å². The normalized spacial score (nSPS) is 19.8. The predicted octanol–water partition coefficient (Wildman–Crippen LogP) is 3.40. The number of nitrogens with zero attached hydrogens (tertiary/aromatic N) is 1. The largest absolute Gasteiger partial charge is 0.493 e. The fourth-order valence-electron chi connectivity index (χ4n) is 2.61. The van der Waals surface area contributed by atoms with Gasteiger partial charge >= 0.3 is 5.97 Å². The summed E-state index contributed by atoms with van der Waals surface area (Å²) in [4.78, 5) is 13.5. The number of hydrogen-bond acceptors (Lipinski definition) is 3. The van der Waals surface area contributed by atoms with Gasteiger partial charge in [0.1, 0.15) is 11.3 Å². The highest BCUT2D eigenvalue weighted by Crippen LogP contribution is 2.24. The maximum atomic E-state index is 11.2. The number of benzene rings is 1. The predicted molar refractivity (Wildman–Crippen MR) is 81.5 cm³/mol. The van der Waals surface area contributed by atoms with Crippen molar-refractivity contribution in [2.75, 3.05) is 20.2 Å². The molecule has 1 fully saturated rings. The van der Waals surface area contributed by atoms with Crippen molar-refractivity contribution in [3.8, 4) is 5.75 Å². The summed E-state index contributed by atoms with van der Waals surface area (Å²) < 4.78 is 6.42. The molecule has 20 heavy (non-hydrogen) atoms. The highest BCUT2D eigenvalue weighted by atomic mass is 79.9. The minimum atomic E-state index is -0.962. The summed E-state index contributed by atoms with van der Waals surface area (Å²) in [6, 6.07) is 5.63. The van der Waals surface area contributed by atoms with Gasteiger partial charge in [-0.15, -0.1) is 0 Å². The number of piperidine rings is 1. The molecule has 0 spiro atoms. The van der Waals surface area contributed by atoms with Crippen LogP contribution in [0.4, 0.5) is 0 Å². The van der Waals surface area contributed by atoms with E-state index in [0.717, 1.165) is 17.4 Å². The van der Waals surface area contributed by atoms with Gasteiger partial charge in [-0.2, -0.15) is 0 Å². The molecule has 1 heterocycles. The fraction of sp³-hybridized carbons (Fsp3) is 0.533. The molecule has 0 aromatic heterocycles. The lowest BCUT2D eigenvalue weighted by Gasteiger charge is -2.32. The van der Waals surface area contributed by atoms with E-state index in [1.54, 1.807) is 18.2 Å². The van der Waals surface area contributed by atoms with E-state index < -0.39 is 5.97 Å². The molecule has 0 radical (unpaired) electrons. The Labute approximate surface area is 127 Å². The first-order valence-corrected chi connectivity index (χ1v) is 7.73. The quantitative estimate of drug-likeness (QED) is 0.891. The molecule has 1 aromatic rings. The van der Waals surface area contributed by atoms with Gasteiger partial charge in [-0.1, -0.05) is 22.4 Å². The number of rotatable bonds is 5. The second-order valence-corrected chi connectivity index (χ2v) is 6.13. The van der Waals surface area contributed by atoms with E-state index in [4.69, 9.17) is 4.74 Å². The lowest BCUT2D eigenvalue weighted by atomic mass is 10.0. The topological polar surface area (TPSA) is 49.8 Å². The van der Waals surface area contributed by atoms with Crippen LogP contribution < -0.4 is 4.74 Å². The number of carboxylic acids is 1. The van der Waals surface area contributed by atoms with E-state index in [-0.39, 0.29) is 5.56 Å². The number of hydrogen-bond donors (Lipinski definition) is 1. The highest BCUT2D eigenvalue weighted by Gasteiger charge is 2.19. The molecule has 1 unspecified atom stereocenters. The second-order valence-electron chi connectivity index (χ2n) is 5.21. The van der Waals surface area contributed by atoms with E-state index in [1.807, 2.05) is 0 Å². The minimum Gasteiger partial charge on any atom is -0.493 e. The van der Waals surface area contributed by atoms with Crippen molar-refractivity contribution in [2.24, 2.45) is 0 Å². The summed E-state index contributed by atoms with van der Waals surface area (Å²) in [6.45, 7) is 1.69. The third-order valence-electron chi connectivity index (χ3n) is 3.80. The van der Waals surface area contributed by atoms with Crippen molar-refractivity contribution in [1.82, 2.24) is 4.90 Å². The number of ether oxygens (including phenoxy) is 1. The van der Waals surface area contributed by atoms with Gasteiger partial charge in [0.2, 0.25) is 0 Å². The van der Waals surface area contributed by atoms with Crippen LogP contribution in [0, 0.1) is 0 Å². The van der Waals surface area contributed by atoms with Crippen LogP contribution in [0.3, 0.4) is 0 Å². The van der Waals surface area contributed by atoms with Crippen LogP contribution in [0.5, 0.6) is 5.75 Å². The van der Waals surface area contributed by atoms with Crippen LogP contribution in [-0.2, 0) is 0 Å².